The topological polar surface area (TPSA) is 91.4 Å². The average molecular weight is 467 g/mol. The number of esters is 1. The number of aryl methyl sites for hydroxylation is 1. The minimum atomic E-state index is -0.669. The Morgan fingerprint density at radius 3 is 2.21 bits per heavy atom. The molecule has 4 N–H and O–H groups in total. The van der Waals surface area contributed by atoms with Crippen LogP contribution in [-0.2, 0) is 9.53 Å². The largest absolute Gasteiger partial charge is 0.464 e. The number of nitrogens with zero attached hydrogens (tertiary/aromatic N) is 1. The normalized spacial score (nSPS) is 11.2. The van der Waals surface area contributed by atoms with Crippen molar-refractivity contribution in [3.63, 3.8) is 0 Å². The molecule has 33 heavy (non-hydrogen) atoms. The molecule has 3 aromatic rings. The molecule has 3 aromatic carbocycles. The molecule has 0 saturated heterocycles. The summed E-state index contributed by atoms with van der Waals surface area (Å²) < 4.78 is 5.36. The van der Waals surface area contributed by atoms with Crippen molar-refractivity contribution in [2.75, 3.05) is 30.9 Å². The van der Waals surface area contributed by atoms with Crippen LogP contribution in [0.5, 0.6) is 0 Å². The van der Waals surface area contributed by atoms with Crippen LogP contribution in [-0.4, -0.2) is 32.5 Å². The van der Waals surface area contributed by atoms with Crippen LogP contribution >= 0.6 is 12.4 Å². The number of hydrogen-bond acceptors (Lipinski definition) is 5. The van der Waals surface area contributed by atoms with Crippen molar-refractivity contribution in [3.8, 4) is 11.1 Å². The van der Waals surface area contributed by atoms with Gasteiger partial charge in [-0.2, -0.15) is 0 Å². The number of nitrogen functional groups attached to an aromatic ring is 1. The van der Waals surface area contributed by atoms with E-state index >= 15 is 0 Å². The van der Waals surface area contributed by atoms with Crippen LogP contribution < -0.4 is 16.0 Å². The smallest absolute Gasteiger partial charge is 0.333 e. The first kappa shape index (κ1) is 25.7. The predicted molar refractivity (Wildman–Crippen MR) is 139 cm³/mol. The van der Waals surface area contributed by atoms with Gasteiger partial charge in [-0.05, 0) is 73.0 Å². The summed E-state index contributed by atoms with van der Waals surface area (Å²) in [5, 5.41) is 10.8. The third-order valence-electron chi connectivity index (χ3n) is 5.18. The summed E-state index contributed by atoms with van der Waals surface area (Å²) in [6, 6.07) is 20.9. The summed E-state index contributed by atoms with van der Waals surface area (Å²) in [5.74, 6) is -0.343. The van der Waals surface area contributed by atoms with Crippen LogP contribution in [0.2, 0.25) is 0 Å². The third-order valence-corrected chi connectivity index (χ3v) is 5.18. The average Bonchev–Trinajstić information content (AvgIpc) is 2.77. The predicted octanol–water partition coefficient (Wildman–Crippen LogP) is 5.15. The zero-order valence-electron chi connectivity index (χ0n) is 19.4. The number of benzene rings is 3. The highest BCUT2D eigenvalue weighted by molar-refractivity contribution is 5.95. The number of amidine groups is 1. The molecule has 0 radical (unpaired) electrons. The van der Waals surface area contributed by atoms with Gasteiger partial charge in [-0.3, -0.25) is 5.41 Å². The second-order valence-corrected chi connectivity index (χ2v) is 7.89. The van der Waals surface area contributed by atoms with Gasteiger partial charge in [0.1, 0.15) is 5.84 Å². The number of anilines is 2. The lowest BCUT2D eigenvalue weighted by Crippen LogP contribution is -2.23. The summed E-state index contributed by atoms with van der Waals surface area (Å²) in [6.45, 7) is 4.11. The Labute approximate surface area is 201 Å². The van der Waals surface area contributed by atoms with E-state index in [4.69, 9.17) is 15.9 Å². The lowest BCUT2D eigenvalue weighted by atomic mass is 9.96. The number of carbonyl (C=O) groups is 1. The van der Waals surface area contributed by atoms with E-state index in [1.54, 1.807) is 31.2 Å². The van der Waals surface area contributed by atoms with Crippen molar-refractivity contribution >= 4 is 35.6 Å². The molecule has 7 heteroatoms. The molecule has 1 unspecified atom stereocenters. The summed E-state index contributed by atoms with van der Waals surface area (Å²) in [7, 11) is 4.02. The van der Waals surface area contributed by atoms with Crippen molar-refractivity contribution in [3.05, 3.63) is 83.4 Å². The second-order valence-electron chi connectivity index (χ2n) is 7.89. The van der Waals surface area contributed by atoms with Gasteiger partial charge in [0.15, 0.2) is 6.04 Å². The van der Waals surface area contributed by atoms with E-state index in [-0.39, 0.29) is 24.2 Å². The molecule has 0 fully saturated rings. The molecule has 0 aliphatic carbocycles. The highest BCUT2D eigenvalue weighted by atomic mass is 35.5. The Bertz CT molecular complexity index is 1100. The van der Waals surface area contributed by atoms with E-state index in [9.17, 15) is 4.79 Å². The summed E-state index contributed by atoms with van der Waals surface area (Å²) in [6.07, 6.45) is 0. The van der Waals surface area contributed by atoms with Gasteiger partial charge in [-0.15, -0.1) is 12.4 Å². The first-order valence-electron chi connectivity index (χ1n) is 10.6. The maximum Gasteiger partial charge on any atom is 0.333 e. The zero-order valence-corrected chi connectivity index (χ0v) is 20.2. The fourth-order valence-electron chi connectivity index (χ4n) is 3.51. The second kappa shape index (κ2) is 11.4. The highest BCUT2D eigenvalue weighted by Crippen LogP contribution is 2.29. The van der Waals surface area contributed by atoms with Crippen LogP contribution in [0, 0.1) is 12.3 Å². The molecule has 174 valence electrons. The van der Waals surface area contributed by atoms with E-state index < -0.39 is 6.04 Å². The zero-order chi connectivity index (χ0) is 23.3. The highest BCUT2D eigenvalue weighted by Gasteiger charge is 2.23. The number of nitrogens with two attached hydrogens (primary N) is 1. The van der Waals surface area contributed by atoms with Crippen molar-refractivity contribution in [1.29, 1.82) is 5.41 Å². The standard InChI is InChI=1S/C26H30N4O2.ClH/c1-5-32-26(31)24(29-22-10-6-19(7-11-22)25(27)28)21-15-17(2)14-20(16-21)18-8-12-23(13-9-18)30(3)4;/h6-16,24,29H,5H2,1-4H3,(H3,27,28);1H. The van der Waals surface area contributed by atoms with Crippen molar-refractivity contribution < 1.29 is 9.53 Å². The summed E-state index contributed by atoms with van der Waals surface area (Å²) in [4.78, 5) is 14.9. The van der Waals surface area contributed by atoms with E-state index in [0.717, 1.165) is 33.6 Å². The molecule has 0 aromatic heterocycles. The molecule has 0 saturated carbocycles. The molecule has 6 nitrogen and oxygen atoms in total. The lowest BCUT2D eigenvalue weighted by Gasteiger charge is -2.21. The molecular formula is C26H31ClN4O2. The number of hydrogen-bond donors (Lipinski definition) is 3. The van der Waals surface area contributed by atoms with E-state index in [1.807, 2.05) is 33.2 Å². The SMILES string of the molecule is CCOC(=O)C(Nc1ccc(C(=N)N)cc1)c1cc(C)cc(-c2ccc(N(C)C)cc2)c1.Cl. The van der Waals surface area contributed by atoms with Gasteiger partial charge >= 0.3 is 5.97 Å². The van der Waals surface area contributed by atoms with Crippen LogP contribution in [0.4, 0.5) is 11.4 Å². The quantitative estimate of drug-likeness (QED) is 0.242. The molecule has 1 atom stereocenters. The Kier molecular flexibility index (Phi) is 8.88. The third kappa shape index (κ3) is 6.49. The van der Waals surface area contributed by atoms with Gasteiger partial charge in [-0.25, -0.2) is 4.79 Å². The minimum absolute atomic E-state index is 0. The Balaban J connectivity index is 0.00000385. The Morgan fingerprint density at radius 2 is 1.67 bits per heavy atom. The molecule has 3 rings (SSSR count). The van der Waals surface area contributed by atoms with Crippen LogP contribution in [0.1, 0.15) is 29.7 Å². The van der Waals surface area contributed by atoms with Crippen LogP contribution in [0.25, 0.3) is 11.1 Å². The van der Waals surface area contributed by atoms with Gasteiger partial charge < -0.3 is 20.7 Å². The maximum absolute atomic E-state index is 12.9. The van der Waals surface area contributed by atoms with Crippen LogP contribution in [0.3, 0.4) is 0 Å². The Hall–Kier alpha value is -3.51. The fourth-order valence-corrected chi connectivity index (χ4v) is 3.51. The molecular weight excluding hydrogens is 436 g/mol. The lowest BCUT2D eigenvalue weighted by molar-refractivity contribution is -0.144. The van der Waals surface area contributed by atoms with E-state index in [0.29, 0.717) is 12.2 Å². The van der Waals surface area contributed by atoms with Crippen molar-refractivity contribution in [1.82, 2.24) is 0 Å². The maximum atomic E-state index is 12.9. The van der Waals surface area contributed by atoms with Gasteiger partial charge in [0.2, 0.25) is 0 Å². The molecule has 0 amide bonds. The van der Waals surface area contributed by atoms with Crippen molar-refractivity contribution in [2.45, 2.75) is 19.9 Å². The van der Waals surface area contributed by atoms with Gasteiger partial charge in [0.25, 0.3) is 0 Å². The first-order chi connectivity index (χ1) is 15.3. The molecule has 0 spiro atoms. The molecule has 0 heterocycles. The van der Waals surface area contributed by atoms with Gasteiger partial charge in [-0.1, -0.05) is 29.8 Å². The number of ether oxygens (including phenoxy) is 1. The summed E-state index contributed by atoms with van der Waals surface area (Å²) in [5.41, 5.74) is 12.0. The summed E-state index contributed by atoms with van der Waals surface area (Å²) >= 11 is 0. The number of carbonyl (C=O) groups excluding carboxylic acids is 1. The van der Waals surface area contributed by atoms with Gasteiger partial charge in [0, 0.05) is 31.0 Å². The monoisotopic (exact) mass is 466 g/mol. The number of nitrogens with one attached hydrogen (secondary N) is 2. The molecule has 0 aliphatic heterocycles. The number of halogens is 1. The van der Waals surface area contributed by atoms with Crippen molar-refractivity contribution in [2.24, 2.45) is 5.73 Å². The van der Waals surface area contributed by atoms with E-state index in [1.165, 1.54) is 0 Å². The number of rotatable bonds is 8. The fraction of sp³-hybridized carbons (Fsp3) is 0.231. The molecule has 0 aliphatic rings. The van der Waals surface area contributed by atoms with Gasteiger partial charge in [0.05, 0.1) is 6.61 Å². The van der Waals surface area contributed by atoms with Crippen LogP contribution in [0.15, 0.2) is 66.7 Å². The minimum Gasteiger partial charge on any atom is -0.464 e. The molecule has 0 bridgehead atoms. The Morgan fingerprint density at radius 1 is 1.03 bits per heavy atom. The van der Waals surface area contributed by atoms with E-state index in [2.05, 4.69) is 40.5 Å². The first-order valence-corrected chi connectivity index (χ1v) is 10.6.